The van der Waals surface area contributed by atoms with Crippen molar-refractivity contribution < 1.29 is 0 Å². The van der Waals surface area contributed by atoms with Crippen molar-refractivity contribution in [1.29, 1.82) is 0 Å². The van der Waals surface area contributed by atoms with E-state index in [1.165, 1.54) is 5.57 Å². The fourth-order valence-electron chi connectivity index (χ4n) is 1.37. The molecule has 0 aliphatic carbocycles. The first-order valence-electron chi connectivity index (χ1n) is 4.27. The number of hydrogen-bond donors (Lipinski definition) is 1. The Kier molecular flexibility index (Phi) is 4.42. The molecular formula is C11H19N. The Hall–Kier alpha value is -0.980. The molecular weight excluding hydrogens is 146 g/mol. The van der Waals surface area contributed by atoms with Crippen LogP contribution in [0.1, 0.15) is 27.2 Å². The fourth-order valence-corrected chi connectivity index (χ4v) is 1.37. The zero-order chi connectivity index (χ0) is 9.72. The Bertz CT molecular complexity index is 211. The van der Waals surface area contributed by atoms with Crippen LogP contribution in [0.25, 0.3) is 0 Å². The summed E-state index contributed by atoms with van der Waals surface area (Å²) in [5.41, 5.74) is 8.71. The van der Waals surface area contributed by atoms with E-state index in [1.54, 1.807) is 0 Å². The van der Waals surface area contributed by atoms with Gasteiger partial charge in [-0.3, -0.25) is 0 Å². The monoisotopic (exact) mass is 165 g/mol. The van der Waals surface area contributed by atoms with E-state index in [9.17, 15) is 0 Å². The fraction of sp³-hybridized carbons (Fsp3) is 0.455. The van der Waals surface area contributed by atoms with E-state index >= 15 is 0 Å². The molecule has 0 aliphatic heterocycles. The minimum absolute atomic E-state index is 0.307. The third-order valence-corrected chi connectivity index (χ3v) is 1.88. The van der Waals surface area contributed by atoms with Gasteiger partial charge in [0.15, 0.2) is 0 Å². The van der Waals surface area contributed by atoms with E-state index in [2.05, 4.69) is 33.1 Å². The lowest BCUT2D eigenvalue weighted by atomic mass is 9.94. The van der Waals surface area contributed by atoms with Gasteiger partial charge in [0.2, 0.25) is 0 Å². The van der Waals surface area contributed by atoms with Gasteiger partial charge < -0.3 is 5.73 Å². The molecule has 0 saturated heterocycles. The van der Waals surface area contributed by atoms with Crippen LogP contribution in [0.4, 0.5) is 0 Å². The first kappa shape index (κ1) is 11.0. The lowest BCUT2D eigenvalue weighted by Crippen LogP contribution is -2.11. The van der Waals surface area contributed by atoms with E-state index in [-0.39, 0.29) is 0 Å². The third-order valence-electron chi connectivity index (χ3n) is 1.88. The van der Waals surface area contributed by atoms with E-state index in [0.717, 1.165) is 17.7 Å². The number of hydrogen-bond acceptors (Lipinski definition) is 1. The maximum Gasteiger partial charge on any atom is 0.0186 e. The lowest BCUT2D eigenvalue weighted by Gasteiger charge is -2.15. The van der Waals surface area contributed by atoms with Crippen LogP contribution in [0.2, 0.25) is 0 Å². The highest BCUT2D eigenvalue weighted by molar-refractivity contribution is 5.23. The van der Waals surface area contributed by atoms with Crippen molar-refractivity contribution in [3.8, 4) is 0 Å². The molecule has 1 unspecified atom stereocenters. The van der Waals surface area contributed by atoms with Crippen molar-refractivity contribution in [2.45, 2.75) is 27.2 Å². The van der Waals surface area contributed by atoms with Gasteiger partial charge in [-0.15, -0.1) is 0 Å². The van der Waals surface area contributed by atoms with Crippen LogP contribution in [0, 0.1) is 5.92 Å². The maximum absolute atomic E-state index is 5.66. The molecule has 1 atom stereocenters. The molecule has 0 spiro atoms. The van der Waals surface area contributed by atoms with Crippen LogP contribution >= 0.6 is 0 Å². The molecule has 0 aromatic heterocycles. The number of nitrogens with two attached hydrogens (primary N) is 1. The van der Waals surface area contributed by atoms with Crippen LogP contribution in [0.5, 0.6) is 0 Å². The lowest BCUT2D eigenvalue weighted by molar-refractivity contribution is 0.678. The van der Waals surface area contributed by atoms with Crippen LogP contribution in [-0.2, 0) is 0 Å². The predicted octanol–water partition coefficient (Wildman–Crippen LogP) is 3.01. The summed E-state index contributed by atoms with van der Waals surface area (Å²) in [6.45, 7) is 13.7. The van der Waals surface area contributed by atoms with E-state index in [4.69, 9.17) is 5.73 Å². The minimum Gasteiger partial charge on any atom is -0.402 e. The zero-order valence-corrected chi connectivity index (χ0v) is 8.35. The largest absolute Gasteiger partial charge is 0.402 e. The number of rotatable bonds is 4. The molecule has 0 saturated carbocycles. The summed E-state index contributed by atoms with van der Waals surface area (Å²) >= 11 is 0. The first-order chi connectivity index (χ1) is 5.49. The van der Waals surface area contributed by atoms with Crippen molar-refractivity contribution in [3.63, 3.8) is 0 Å². The molecule has 0 aromatic rings. The SMILES string of the molecule is C=C(C)/C=C(/C)C(CC)C(=C)N. The van der Waals surface area contributed by atoms with Crippen molar-refractivity contribution in [3.05, 3.63) is 36.1 Å². The molecule has 12 heavy (non-hydrogen) atoms. The van der Waals surface area contributed by atoms with Crippen molar-refractivity contribution in [1.82, 2.24) is 0 Å². The molecule has 0 fully saturated rings. The molecule has 0 rings (SSSR count). The topological polar surface area (TPSA) is 26.0 Å². The quantitative estimate of drug-likeness (QED) is 0.637. The minimum atomic E-state index is 0.307. The summed E-state index contributed by atoms with van der Waals surface area (Å²) in [4.78, 5) is 0. The van der Waals surface area contributed by atoms with E-state index in [0.29, 0.717) is 5.92 Å². The summed E-state index contributed by atoms with van der Waals surface area (Å²) in [7, 11) is 0. The Balaban J connectivity index is 4.52. The van der Waals surface area contributed by atoms with Crippen LogP contribution < -0.4 is 5.73 Å². The van der Waals surface area contributed by atoms with Gasteiger partial charge in [-0.2, -0.15) is 0 Å². The van der Waals surface area contributed by atoms with Crippen LogP contribution in [-0.4, -0.2) is 0 Å². The van der Waals surface area contributed by atoms with E-state index in [1.807, 2.05) is 6.92 Å². The van der Waals surface area contributed by atoms with Gasteiger partial charge in [0.05, 0.1) is 0 Å². The molecule has 0 aromatic carbocycles. The second-order valence-electron chi connectivity index (χ2n) is 3.27. The maximum atomic E-state index is 5.66. The average molecular weight is 165 g/mol. The molecule has 0 bridgehead atoms. The van der Waals surface area contributed by atoms with Crippen LogP contribution in [0.15, 0.2) is 36.1 Å². The smallest absolute Gasteiger partial charge is 0.0186 e. The second-order valence-corrected chi connectivity index (χ2v) is 3.27. The van der Waals surface area contributed by atoms with Gasteiger partial charge in [-0.25, -0.2) is 0 Å². The summed E-state index contributed by atoms with van der Waals surface area (Å²) in [5.74, 6) is 0.307. The molecule has 1 heteroatoms. The van der Waals surface area contributed by atoms with Gasteiger partial charge in [0.1, 0.15) is 0 Å². The molecule has 0 amide bonds. The Morgan fingerprint density at radius 3 is 2.17 bits per heavy atom. The van der Waals surface area contributed by atoms with Gasteiger partial charge in [-0.05, 0) is 20.3 Å². The predicted molar refractivity (Wildman–Crippen MR) is 55.7 cm³/mol. The Morgan fingerprint density at radius 2 is 1.92 bits per heavy atom. The molecule has 68 valence electrons. The molecule has 0 radical (unpaired) electrons. The Morgan fingerprint density at radius 1 is 1.42 bits per heavy atom. The normalized spacial score (nSPS) is 14.1. The summed E-state index contributed by atoms with van der Waals surface area (Å²) in [6, 6.07) is 0. The third kappa shape index (κ3) is 3.42. The van der Waals surface area contributed by atoms with Gasteiger partial charge in [0, 0.05) is 11.6 Å². The zero-order valence-electron chi connectivity index (χ0n) is 8.35. The van der Waals surface area contributed by atoms with Crippen molar-refractivity contribution in [2.75, 3.05) is 0 Å². The summed E-state index contributed by atoms with van der Waals surface area (Å²) < 4.78 is 0. The molecule has 2 N–H and O–H groups in total. The van der Waals surface area contributed by atoms with Crippen LogP contribution in [0.3, 0.4) is 0 Å². The van der Waals surface area contributed by atoms with Gasteiger partial charge >= 0.3 is 0 Å². The summed E-state index contributed by atoms with van der Waals surface area (Å²) in [5, 5.41) is 0. The first-order valence-corrected chi connectivity index (χ1v) is 4.27. The van der Waals surface area contributed by atoms with Crippen molar-refractivity contribution in [2.24, 2.45) is 11.7 Å². The van der Waals surface area contributed by atoms with E-state index < -0.39 is 0 Å². The van der Waals surface area contributed by atoms with Gasteiger partial charge in [0.25, 0.3) is 0 Å². The molecule has 0 heterocycles. The average Bonchev–Trinajstić information content (AvgIpc) is 1.85. The van der Waals surface area contributed by atoms with Gasteiger partial charge in [-0.1, -0.05) is 37.3 Å². The molecule has 0 aliphatic rings. The molecule has 1 nitrogen and oxygen atoms in total. The standard InChI is InChI=1S/C11H19N/c1-6-11(10(5)12)9(4)7-8(2)3/h7,11H,2,5-6,12H2,1,3-4H3/b9-7-. The number of allylic oxidation sites excluding steroid dienone is 3. The highest BCUT2D eigenvalue weighted by Crippen LogP contribution is 2.20. The second kappa shape index (κ2) is 4.81. The highest BCUT2D eigenvalue weighted by atomic mass is 14.6. The highest BCUT2D eigenvalue weighted by Gasteiger charge is 2.08. The summed E-state index contributed by atoms with van der Waals surface area (Å²) in [6.07, 6.45) is 3.07. The van der Waals surface area contributed by atoms with Crippen molar-refractivity contribution >= 4 is 0 Å². The Labute approximate surface area is 75.7 Å².